The summed E-state index contributed by atoms with van der Waals surface area (Å²) in [5.74, 6) is -0.623. The van der Waals surface area contributed by atoms with E-state index in [0.717, 1.165) is 5.69 Å². The summed E-state index contributed by atoms with van der Waals surface area (Å²) in [5, 5.41) is 2.73. The number of methoxy groups -OCH3 is 1. The number of carbonyl (C=O) groups excluding carboxylic acids is 2. The SMILES string of the molecule is CCc1nc2c(cc1C(=O)OC)C(=O)NCC2. The Morgan fingerprint density at radius 2 is 2.35 bits per heavy atom. The van der Waals surface area contributed by atoms with E-state index in [9.17, 15) is 9.59 Å². The second kappa shape index (κ2) is 4.53. The number of rotatable bonds is 2. The van der Waals surface area contributed by atoms with Crippen molar-refractivity contribution < 1.29 is 14.3 Å². The van der Waals surface area contributed by atoms with Gasteiger partial charge in [0.2, 0.25) is 0 Å². The Hall–Kier alpha value is -1.91. The van der Waals surface area contributed by atoms with E-state index in [-0.39, 0.29) is 5.91 Å². The van der Waals surface area contributed by atoms with Crippen LogP contribution in [0.15, 0.2) is 6.07 Å². The molecule has 0 saturated heterocycles. The van der Waals surface area contributed by atoms with Gasteiger partial charge in [0.05, 0.1) is 29.6 Å². The highest BCUT2D eigenvalue weighted by Gasteiger charge is 2.22. The maximum absolute atomic E-state index is 11.6. The summed E-state index contributed by atoms with van der Waals surface area (Å²) in [6.07, 6.45) is 1.34. The van der Waals surface area contributed by atoms with Crippen LogP contribution in [0.3, 0.4) is 0 Å². The van der Waals surface area contributed by atoms with Crippen molar-refractivity contribution in [2.45, 2.75) is 19.8 Å². The minimum atomic E-state index is -0.449. The van der Waals surface area contributed by atoms with Gasteiger partial charge in [0, 0.05) is 13.0 Å². The van der Waals surface area contributed by atoms with Crippen molar-refractivity contribution in [2.24, 2.45) is 0 Å². The molecule has 0 radical (unpaired) electrons. The van der Waals surface area contributed by atoms with Gasteiger partial charge < -0.3 is 10.1 Å². The first-order valence-electron chi connectivity index (χ1n) is 5.56. The standard InChI is InChI=1S/C12H14N2O3/c1-3-9-8(12(16)17-2)6-7-10(14-9)4-5-13-11(7)15/h6H,3-5H2,1-2H3,(H,13,15). The molecule has 0 fully saturated rings. The molecule has 90 valence electrons. The number of hydrogen-bond acceptors (Lipinski definition) is 4. The van der Waals surface area contributed by atoms with Crippen molar-refractivity contribution in [2.75, 3.05) is 13.7 Å². The van der Waals surface area contributed by atoms with Gasteiger partial charge in [-0.05, 0) is 12.5 Å². The van der Waals surface area contributed by atoms with E-state index in [4.69, 9.17) is 4.74 Å². The lowest BCUT2D eigenvalue weighted by atomic mass is 10.0. The number of carbonyl (C=O) groups is 2. The number of esters is 1. The maximum atomic E-state index is 11.6. The van der Waals surface area contributed by atoms with Crippen LogP contribution in [0.1, 0.15) is 39.0 Å². The first kappa shape index (κ1) is 11.6. The third-order valence-electron chi connectivity index (χ3n) is 2.81. The van der Waals surface area contributed by atoms with Crippen molar-refractivity contribution in [3.8, 4) is 0 Å². The van der Waals surface area contributed by atoms with Crippen LogP contribution in [0.5, 0.6) is 0 Å². The molecule has 2 rings (SSSR count). The van der Waals surface area contributed by atoms with E-state index >= 15 is 0 Å². The van der Waals surface area contributed by atoms with E-state index in [1.807, 2.05) is 6.92 Å². The van der Waals surface area contributed by atoms with Crippen LogP contribution >= 0.6 is 0 Å². The smallest absolute Gasteiger partial charge is 0.339 e. The Morgan fingerprint density at radius 1 is 1.59 bits per heavy atom. The van der Waals surface area contributed by atoms with E-state index in [1.165, 1.54) is 7.11 Å². The van der Waals surface area contributed by atoms with Gasteiger partial charge in [-0.15, -0.1) is 0 Å². The number of aryl methyl sites for hydroxylation is 1. The van der Waals surface area contributed by atoms with Crippen LogP contribution in [0, 0.1) is 0 Å². The Labute approximate surface area is 99.2 Å². The zero-order valence-corrected chi connectivity index (χ0v) is 9.87. The monoisotopic (exact) mass is 234 g/mol. The first-order chi connectivity index (χ1) is 8.17. The molecule has 0 unspecified atom stereocenters. The number of nitrogens with zero attached hydrogens (tertiary/aromatic N) is 1. The number of hydrogen-bond donors (Lipinski definition) is 1. The molecule has 1 aromatic heterocycles. The molecule has 2 heterocycles. The van der Waals surface area contributed by atoms with Gasteiger partial charge in [-0.2, -0.15) is 0 Å². The minimum absolute atomic E-state index is 0.174. The molecule has 0 saturated carbocycles. The van der Waals surface area contributed by atoms with Crippen molar-refractivity contribution in [3.05, 3.63) is 28.6 Å². The second-order valence-electron chi connectivity index (χ2n) is 3.83. The van der Waals surface area contributed by atoms with Gasteiger partial charge in [-0.25, -0.2) is 4.79 Å². The topological polar surface area (TPSA) is 68.3 Å². The van der Waals surface area contributed by atoms with E-state index < -0.39 is 5.97 Å². The molecular weight excluding hydrogens is 220 g/mol. The van der Waals surface area contributed by atoms with E-state index in [2.05, 4.69) is 10.3 Å². The molecule has 1 aromatic rings. The zero-order chi connectivity index (χ0) is 12.4. The first-order valence-corrected chi connectivity index (χ1v) is 5.56. The number of nitrogens with one attached hydrogen (secondary N) is 1. The summed E-state index contributed by atoms with van der Waals surface area (Å²) in [7, 11) is 1.32. The third kappa shape index (κ3) is 2.00. The summed E-state index contributed by atoms with van der Waals surface area (Å²) in [6, 6.07) is 1.58. The lowest BCUT2D eigenvalue weighted by Crippen LogP contribution is -2.33. The van der Waals surface area contributed by atoms with Gasteiger partial charge in [-0.3, -0.25) is 9.78 Å². The van der Waals surface area contributed by atoms with Crippen LogP contribution < -0.4 is 5.32 Å². The summed E-state index contributed by atoms with van der Waals surface area (Å²) < 4.78 is 4.69. The Morgan fingerprint density at radius 3 is 3.00 bits per heavy atom. The van der Waals surface area contributed by atoms with Crippen LogP contribution in [0.25, 0.3) is 0 Å². The molecule has 1 amide bonds. The maximum Gasteiger partial charge on any atom is 0.339 e. The molecule has 1 N–H and O–H groups in total. The average molecular weight is 234 g/mol. The van der Waals surface area contributed by atoms with Crippen LogP contribution in [0.4, 0.5) is 0 Å². The fourth-order valence-corrected chi connectivity index (χ4v) is 1.93. The average Bonchev–Trinajstić information content (AvgIpc) is 2.37. The van der Waals surface area contributed by atoms with Crippen LogP contribution in [-0.4, -0.2) is 30.5 Å². The largest absolute Gasteiger partial charge is 0.465 e. The molecule has 1 aliphatic heterocycles. The number of fused-ring (bicyclic) bond motifs is 1. The predicted octanol–water partition coefficient (Wildman–Crippen LogP) is 0.716. The van der Waals surface area contributed by atoms with Crippen molar-refractivity contribution in [3.63, 3.8) is 0 Å². The highest BCUT2D eigenvalue weighted by Crippen LogP contribution is 2.18. The number of ether oxygens (including phenoxy) is 1. The predicted molar refractivity (Wildman–Crippen MR) is 61.0 cm³/mol. The summed E-state index contributed by atoms with van der Waals surface area (Å²) >= 11 is 0. The highest BCUT2D eigenvalue weighted by atomic mass is 16.5. The van der Waals surface area contributed by atoms with Crippen molar-refractivity contribution in [1.82, 2.24) is 10.3 Å². The molecule has 0 aliphatic carbocycles. The quantitative estimate of drug-likeness (QED) is 0.765. The molecule has 0 atom stereocenters. The zero-order valence-electron chi connectivity index (χ0n) is 9.87. The summed E-state index contributed by atoms with van der Waals surface area (Å²) in [4.78, 5) is 27.6. The number of pyridine rings is 1. The lowest BCUT2D eigenvalue weighted by molar-refractivity contribution is 0.0599. The highest BCUT2D eigenvalue weighted by molar-refractivity contribution is 5.99. The molecule has 0 bridgehead atoms. The minimum Gasteiger partial charge on any atom is -0.465 e. The summed E-state index contributed by atoms with van der Waals surface area (Å²) in [6.45, 7) is 2.52. The third-order valence-corrected chi connectivity index (χ3v) is 2.81. The van der Waals surface area contributed by atoms with E-state index in [0.29, 0.717) is 36.2 Å². The molecule has 5 nitrogen and oxygen atoms in total. The fourth-order valence-electron chi connectivity index (χ4n) is 1.93. The summed E-state index contributed by atoms with van der Waals surface area (Å²) in [5.41, 5.74) is 2.31. The van der Waals surface area contributed by atoms with Gasteiger partial charge in [0.15, 0.2) is 0 Å². The lowest BCUT2D eigenvalue weighted by Gasteiger charge is -2.17. The molecule has 0 aromatic carbocycles. The molecule has 17 heavy (non-hydrogen) atoms. The van der Waals surface area contributed by atoms with E-state index in [1.54, 1.807) is 6.07 Å². The molecule has 0 spiro atoms. The number of amides is 1. The Balaban J connectivity index is 2.56. The second-order valence-corrected chi connectivity index (χ2v) is 3.83. The van der Waals surface area contributed by atoms with Gasteiger partial charge in [-0.1, -0.05) is 6.92 Å². The molecule has 5 heteroatoms. The molecular formula is C12H14N2O3. The fraction of sp³-hybridized carbons (Fsp3) is 0.417. The van der Waals surface area contributed by atoms with Crippen LogP contribution in [-0.2, 0) is 17.6 Å². The normalized spacial score (nSPS) is 13.9. The Kier molecular flexibility index (Phi) is 3.08. The molecule has 1 aliphatic rings. The van der Waals surface area contributed by atoms with Gasteiger partial charge >= 0.3 is 5.97 Å². The Bertz CT molecular complexity index is 483. The van der Waals surface area contributed by atoms with Gasteiger partial charge in [0.1, 0.15) is 0 Å². The van der Waals surface area contributed by atoms with Crippen molar-refractivity contribution in [1.29, 1.82) is 0 Å². The van der Waals surface area contributed by atoms with Gasteiger partial charge in [0.25, 0.3) is 5.91 Å². The number of aromatic nitrogens is 1. The van der Waals surface area contributed by atoms with Crippen molar-refractivity contribution >= 4 is 11.9 Å². The van der Waals surface area contributed by atoms with Crippen LogP contribution in [0.2, 0.25) is 0 Å².